The predicted molar refractivity (Wildman–Crippen MR) is 90.5 cm³/mol. The second kappa shape index (κ2) is 7.94. The molecule has 2 rings (SSSR count). The summed E-state index contributed by atoms with van der Waals surface area (Å²) in [6, 6.07) is 4.53. The second-order valence-corrected chi connectivity index (χ2v) is 5.72. The largest absolute Gasteiger partial charge is 0.395 e. The normalized spacial score (nSPS) is 10.6. The molecule has 10 heteroatoms. The average Bonchev–Trinajstić information content (AvgIpc) is 2.87. The van der Waals surface area contributed by atoms with Gasteiger partial charge in [0.05, 0.1) is 21.7 Å². The number of benzene rings is 1. The fourth-order valence-corrected chi connectivity index (χ4v) is 2.86. The Morgan fingerprint density at radius 1 is 1.41 bits per heavy atom. The number of nitrogens with one attached hydrogen (secondary N) is 3. The van der Waals surface area contributed by atoms with E-state index in [9.17, 15) is 10.1 Å². The van der Waals surface area contributed by atoms with Crippen LogP contribution in [0.15, 0.2) is 18.2 Å². The van der Waals surface area contributed by atoms with E-state index in [1.165, 1.54) is 23.5 Å². The van der Waals surface area contributed by atoms with Gasteiger partial charge in [-0.05, 0) is 18.3 Å². The fourth-order valence-electron chi connectivity index (χ4n) is 1.69. The van der Waals surface area contributed by atoms with E-state index < -0.39 is 4.92 Å². The SMILES string of the molecule is O=[N+]([O-])c1ccc2nc(NC(=S)NCCNCCO)sc2c1. The highest BCUT2D eigenvalue weighted by Gasteiger charge is 2.10. The molecule has 118 valence electrons. The van der Waals surface area contributed by atoms with Crippen molar-refractivity contribution in [3.63, 3.8) is 0 Å². The minimum atomic E-state index is -0.433. The molecule has 0 amide bonds. The molecule has 0 saturated heterocycles. The lowest BCUT2D eigenvalue weighted by Gasteiger charge is -2.08. The third-order valence-electron chi connectivity index (χ3n) is 2.68. The topological polar surface area (TPSA) is 112 Å². The highest BCUT2D eigenvalue weighted by atomic mass is 32.1. The van der Waals surface area contributed by atoms with Crippen molar-refractivity contribution in [1.29, 1.82) is 0 Å². The summed E-state index contributed by atoms with van der Waals surface area (Å²) in [6.07, 6.45) is 0. The molecule has 0 fully saturated rings. The van der Waals surface area contributed by atoms with Crippen LogP contribution in [0.1, 0.15) is 0 Å². The Balaban J connectivity index is 1.91. The number of non-ortho nitro benzene ring substituents is 1. The van der Waals surface area contributed by atoms with Gasteiger partial charge in [-0.15, -0.1) is 0 Å². The molecule has 1 aromatic heterocycles. The van der Waals surface area contributed by atoms with E-state index in [1.807, 2.05) is 0 Å². The molecule has 0 aliphatic rings. The monoisotopic (exact) mass is 341 g/mol. The van der Waals surface area contributed by atoms with Crippen molar-refractivity contribution in [2.45, 2.75) is 0 Å². The Kier molecular flexibility index (Phi) is 5.95. The zero-order valence-electron chi connectivity index (χ0n) is 11.5. The fraction of sp³-hybridized carbons (Fsp3) is 0.333. The van der Waals surface area contributed by atoms with Crippen LogP contribution in [0.3, 0.4) is 0 Å². The number of aliphatic hydroxyl groups is 1. The Labute approximate surface area is 135 Å². The van der Waals surface area contributed by atoms with Gasteiger partial charge in [-0.2, -0.15) is 0 Å². The zero-order valence-corrected chi connectivity index (χ0v) is 13.2. The van der Waals surface area contributed by atoms with E-state index in [0.29, 0.717) is 35.4 Å². The average molecular weight is 341 g/mol. The number of thiocarbonyl (C=S) groups is 1. The van der Waals surface area contributed by atoms with E-state index in [0.717, 1.165) is 4.70 Å². The molecule has 0 unspecified atom stereocenters. The van der Waals surface area contributed by atoms with Crippen molar-refractivity contribution < 1.29 is 10.0 Å². The highest BCUT2D eigenvalue weighted by molar-refractivity contribution is 7.80. The molecular weight excluding hydrogens is 326 g/mol. The maximum absolute atomic E-state index is 10.7. The first-order valence-electron chi connectivity index (χ1n) is 6.51. The van der Waals surface area contributed by atoms with Crippen LogP contribution in [0.4, 0.5) is 10.8 Å². The van der Waals surface area contributed by atoms with E-state index in [4.69, 9.17) is 17.3 Å². The molecule has 0 atom stereocenters. The molecule has 0 spiro atoms. The number of thiazole rings is 1. The number of aromatic nitrogens is 1. The summed E-state index contributed by atoms with van der Waals surface area (Å²) in [6.45, 7) is 1.93. The van der Waals surface area contributed by atoms with Crippen molar-refractivity contribution in [2.75, 3.05) is 31.6 Å². The van der Waals surface area contributed by atoms with Gasteiger partial charge in [0, 0.05) is 31.8 Å². The summed E-state index contributed by atoms with van der Waals surface area (Å²) in [5.74, 6) is 0. The highest BCUT2D eigenvalue weighted by Crippen LogP contribution is 2.28. The minimum absolute atomic E-state index is 0.0401. The Hall–Kier alpha value is -1.88. The maximum atomic E-state index is 10.7. The van der Waals surface area contributed by atoms with Gasteiger partial charge in [0.15, 0.2) is 10.2 Å². The van der Waals surface area contributed by atoms with Gasteiger partial charge in [0.1, 0.15) is 0 Å². The van der Waals surface area contributed by atoms with E-state index in [2.05, 4.69) is 20.9 Å². The van der Waals surface area contributed by atoms with Crippen LogP contribution in [-0.2, 0) is 0 Å². The standard InChI is InChI=1S/C12H15N5O3S2/c18-6-5-13-3-4-14-11(21)16-12-15-9-2-1-8(17(19)20)7-10(9)22-12/h1-2,7,13,18H,3-6H2,(H2,14,15,16,21). The molecule has 1 aromatic carbocycles. The number of anilines is 1. The molecular formula is C12H15N5O3S2. The number of hydrogen-bond acceptors (Lipinski definition) is 7. The van der Waals surface area contributed by atoms with Crippen LogP contribution in [0.5, 0.6) is 0 Å². The second-order valence-electron chi connectivity index (χ2n) is 4.28. The molecule has 0 bridgehead atoms. The Bertz CT molecular complexity index is 676. The van der Waals surface area contributed by atoms with Crippen LogP contribution < -0.4 is 16.0 Å². The van der Waals surface area contributed by atoms with Crippen molar-refractivity contribution >= 4 is 49.7 Å². The van der Waals surface area contributed by atoms with Crippen LogP contribution in [0, 0.1) is 10.1 Å². The van der Waals surface area contributed by atoms with Crippen LogP contribution >= 0.6 is 23.6 Å². The summed E-state index contributed by atoms with van der Waals surface area (Å²) in [7, 11) is 0. The lowest BCUT2D eigenvalue weighted by molar-refractivity contribution is -0.384. The van der Waals surface area contributed by atoms with Crippen molar-refractivity contribution in [1.82, 2.24) is 15.6 Å². The number of nitro groups is 1. The summed E-state index contributed by atoms with van der Waals surface area (Å²) >= 11 is 6.45. The first-order chi connectivity index (χ1) is 10.6. The summed E-state index contributed by atoms with van der Waals surface area (Å²) < 4.78 is 0.726. The van der Waals surface area contributed by atoms with Gasteiger partial charge in [-0.1, -0.05) is 11.3 Å². The molecule has 2 aromatic rings. The van der Waals surface area contributed by atoms with Crippen LogP contribution in [0.2, 0.25) is 0 Å². The molecule has 1 heterocycles. The van der Waals surface area contributed by atoms with Crippen molar-refractivity contribution in [2.24, 2.45) is 0 Å². The van der Waals surface area contributed by atoms with Gasteiger partial charge in [0.25, 0.3) is 5.69 Å². The van der Waals surface area contributed by atoms with Gasteiger partial charge >= 0.3 is 0 Å². The third kappa shape index (κ3) is 4.56. The molecule has 22 heavy (non-hydrogen) atoms. The number of nitro benzene ring substituents is 1. The number of rotatable bonds is 7. The van der Waals surface area contributed by atoms with Gasteiger partial charge in [-0.25, -0.2) is 4.98 Å². The lowest BCUT2D eigenvalue weighted by Crippen LogP contribution is -2.35. The smallest absolute Gasteiger partial charge is 0.270 e. The number of nitrogens with zero attached hydrogens (tertiary/aromatic N) is 2. The van der Waals surface area contributed by atoms with E-state index in [1.54, 1.807) is 6.07 Å². The number of aliphatic hydroxyl groups excluding tert-OH is 1. The van der Waals surface area contributed by atoms with Crippen LogP contribution in [-0.4, -0.2) is 46.4 Å². The molecule has 4 N–H and O–H groups in total. The zero-order chi connectivity index (χ0) is 15.9. The molecule has 0 saturated carbocycles. The quantitative estimate of drug-likeness (QED) is 0.256. The van der Waals surface area contributed by atoms with E-state index >= 15 is 0 Å². The third-order valence-corrected chi connectivity index (χ3v) is 3.86. The summed E-state index contributed by atoms with van der Waals surface area (Å²) in [5.41, 5.74) is 0.726. The predicted octanol–water partition coefficient (Wildman–Crippen LogP) is 1.07. The first-order valence-corrected chi connectivity index (χ1v) is 7.74. The Morgan fingerprint density at radius 2 is 2.23 bits per heavy atom. The summed E-state index contributed by atoms with van der Waals surface area (Å²) in [4.78, 5) is 14.6. The minimum Gasteiger partial charge on any atom is -0.395 e. The molecule has 0 aliphatic carbocycles. The van der Waals surface area contributed by atoms with Crippen molar-refractivity contribution in [3.8, 4) is 0 Å². The Morgan fingerprint density at radius 3 is 2.95 bits per heavy atom. The van der Waals surface area contributed by atoms with Crippen molar-refractivity contribution in [3.05, 3.63) is 28.3 Å². The van der Waals surface area contributed by atoms with Crippen LogP contribution in [0.25, 0.3) is 10.2 Å². The molecule has 0 aliphatic heterocycles. The van der Waals surface area contributed by atoms with E-state index in [-0.39, 0.29) is 12.3 Å². The number of fused-ring (bicyclic) bond motifs is 1. The molecule has 0 radical (unpaired) electrons. The molecule has 8 nitrogen and oxygen atoms in total. The summed E-state index contributed by atoms with van der Waals surface area (Å²) in [5, 5.41) is 29.3. The van der Waals surface area contributed by atoms with Gasteiger partial charge in [-0.3, -0.25) is 10.1 Å². The van der Waals surface area contributed by atoms with Gasteiger partial charge < -0.3 is 21.1 Å². The number of hydrogen-bond donors (Lipinski definition) is 4. The maximum Gasteiger partial charge on any atom is 0.270 e. The lowest BCUT2D eigenvalue weighted by atomic mass is 10.3. The van der Waals surface area contributed by atoms with Gasteiger partial charge in [0.2, 0.25) is 0 Å². The first kappa shape index (κ1) is 16.5.